The molecule has 0 atom stereocenters. The first-order valence-corrected chi connectivity index (χ1v) is 11.2. The molecular weight excluding hydrogens is 492 g/mol. The van der Waals surface area contributed by atoms with Gasteiger partial charge in [0.05, 0.1) is 11.1 Å². The van der Waals surface area contributed by atoms with Crippen molar-refractivity contribution in [3.05, 3.63) is 94.2 Å². The molecule has 4 rings (SSSR count). The lowest BCUT2D eigenvalue weighted by molar-refractivity contribution is 0.102. The van der Waals surface area contributed by atoms with E-state index in [1.165, 1.54) is 18.4 Å². The average molecular weight is 516 g/mol. The molecule has 36 heavy (non-hydrogen) atoms. The second-order valence-electron chi connectivity index (χ2n) is 7.10. The maximum atomic E-state index is 14.5. The zero-order valence-electron chi connectivity index (χ0n) is 19.4. The predicted molar refractivity (Wildman–Crippen MR) is 136 cm³/mol. The predicted octanol–water partition coefficient (Wildman–Crippen LogP) is 5.31. The van der Waals surface area contributed by atoms with Crippen LogP contribution in [0.15, 0.2) is 70.4 Å². The molecule has 0 saturated carbocycles. The topological polar surface area (TPSA) is 128 Å². The molecule has 1 heterocycles. The van der Waals surface area contributed by atoms with E-state index in [4.69, 9.17) is 32.4 Å². The second kappa shape index (κ2) is 12.0. The number of nitrogens with one attached hydrogen (secondary N) is 2. The molecule has 0 bridgehead atoms. The van der Waals surface area contributed by atoms with Crippen LogP contribution in [0.5, 0.6) is 5.75 Å². The zero-order chi connectivity index (χ0) is 26.2. The number of amidine groups is 1. The van der Waals surface area contributed by atoms with Crippen LogP contribution in [0.25, 0.3) is 11.0 Å². The SMILES string of the molecule is CC.N/N=C(\NN)c1cc2occ(C(=O)Nc3ccc(OCc4ccc(Cl)cc4F)cc3)c2cc1F. The molecule has 188 valence electrons. The number of nitrogens with two attached hydrogens (primary N) is 2. The van der Waals surface area contributed by atoms with E-state index in [0.717, 1.165) is 6.07 Å². The summed E-state index contributed by atoms with van der Waals surface area (Å²) in [5.41, 5.74) is 3.39. The fraction of sp³-hybridized carbons (Fsp3) is 0.120. The van der Waals surface area contributed by atoms with Crippen LogP contribution < -0.4 is 27.2 Å². The Morgan fingerprint density at radius 3 is 2.42 bits per heavy atom. The molecule has 0 fully saturated rings. The van der Waals surface area contributed by atoms with Gasteiger partial charge in [0.15, 0.2) is 5.84 Å². The Morgan fingerprint density at radius 2 is 1.78 bits per heavy atom. The molecular formula is C25H24ClF2N5O3. The summed E-state index contributed by atoms with van der Waals surface area (Å²) in [6, 6.07) is 13.3. The highest BCUT2D eigenvalue weighted by atomic mass is 35.5. The van der Waals surface area contributed by atoms with E-state index in [1.807, 2.05) is 13.8 Å². The van der Waals surface area contributed by atoms with Gasteiger partial charge in [0, 0.05) is 21.7 Å². The highest BCUT2D eigenvalue weighted by Gasteiger charge is 2.19. The first kappa shape index (κ1) is 26.5. The van der Waals surface area contributed by atoms with Gasteiger partial charge in [0.25, 0.3) is 5.91 Å². The number of carbonyl (C=O) groups is 1. The normalized spacial score (nSPS) is 11.0. The van der Waals surface area contributed by atoms with Crippen molar-refractivity contribution < 1.29 is 22.7 Å². The van der Waals surface area contributed by atoms with Crippen LogP contribution in [0.3, 0.4) is 0 Å². The summed E-state index contributed by atoms with van der Waals surface area (Å²) in [6.07, 6.45) is 1.22. The number of hydrazine groups is 1. The lowest BCUT2D eigenvalue weighted by Crippen LogP contribution is -2.32. The quantitative estimate of drug-likeness (QED) is 0.119. The Hall–Kier alpha value is -4.15. The molecule has 0 unspecified atom stereocenters. The van der Waals surface area contributed by atoms with E-state index < -0.39 is 17.5 Å². The Bertz CT molecular complexity index is 1390. The van der Waals surface area contributed by atoms with E-state index in [2.05, 4.69) is 15.8 Å². The number of nitrogens with zero attached hydrogens (tertiary/aromatic N) is 1. The Labute approximate surface area is 210 Å². The van der Waals surface area contributed by atoms with Crippen molar-refractivity contribution in [1.82, 2.24) is 5.43 Å². The number of amides is 1. The van der Waals surface area contributed by atoms with Crippen molar-refractivity contribution >= 4 is 40.0 Å². The van der Waals surface area contributed by atoms with E-state index in [-0.39, 0.29) is 34.5 Å². The van der Waals surface area contributed by atoms with Crippen molar-refractivity contribution in [3.8, 4) is 5.75 Å². The first-order valence-electron chi connectivity index (χ1n) is 10.8. The van der Waals surface area contributed by atoms with Crippen molar-refractivity contribution in [2.75, 3.05) is 5.32 Å². The maximum absolute atomic E-state index is 14.5. The van der Waals surface area contributed by atoms with Gasteiger partial charge < -0.3 is 25.7 Å². The van der Waals surface area contributed by atoms with Crippen molar-refractivity contribution in [2.45, 2.75) is 20.5 Å². The van der Waals surface area contributed by atoms with Crippen LogP contribution in [-0.4, -0.2) is 11.7 Å². The first-order chi connectivity index (χ1) is 17.4. The van der Waals surface area contributed by atoms with Gasteiger partial charge in [-0.3, -0.25) is 4.79 Å². The van der Waals surface area contributed by atoms with Crippen LogP contribution >= 0.6 is 11.6 Å². The Balaban J connectivity index is 0.00000176. The molecule has 8 nitrogen and oxygen atoms in total. The van der Waals surface area contributed by atoms with Gasteiger partial charge in [-0.05, 0) is 48.5 Å². The average Bonchev–Trinajstić information content (AvgIpc) is 3.29. The standard InChI is InChI=1S/C23H18ClF2N5O3.C2H6/c24-13-2-1-12(19(25)7-13)10-33-15-5-3-14(4-6-15)29-23(32)18-11-34-21-9-17(22(30-27)31-28)20(26)8-16(18)21;1-2/h1-9,11H,10,27-28H2,(H,29,32)(H,30,31);1-2H3. The third kappa shape index (κ3) is 5.91. The molecule has 0 aliphatic carbocycles. The number of rotatable bonds is 6. The number of hydrogen-bond donors (Lipinski definition) is 4. The van der Waals surface area contributed by atoms with Crippen molar-refractivity contribution in [2.24, 2.45) is 16.8 Å². The number of benzene rings is 3. The van der Waals surface area contributed by atoms with Gasteiger partial charge in [-0.1, -0.05) is 31.5 Å². The number of anilines is 1. The van der Waals surface area contributed by atoms with Gasteiger partial charge in [-0.2, -0.15) is 5.10 Å². The molecule has 1 amide bonds. The van der Waals surface area contributed by atoms with Crippen LogP contribution in [0.4, 0.5) is 14.5 Å². The van der Waals surface area contributed by atoms with Crippen LogP contribution in [-0.2, 0) is 6.61 Å². The summed E-state index contributed by atoms with van der Waals surface area (Å²) in [4.78, 5) is 12.7. The number of furan rings is 1. The summed E-state index contributed by atoms with van der Waals surface area (Å²) >= 11 is 5.75. The molecule has 4 aromatic rings. The molecule has 0 radical (unpaired) electrons. The molecule has 1 aromatic heterocycles. The molecule has 0 aliphatic heterocycles. The monoisotopic (exact) mass is 515 g/mol. The molecule has 0 aliphatic rings. The fourth-order valence-electron chi connectivity index (χ4n) is 3.22. The Kier molecular flexibility index (Phi) is 8.82. The smallest absolute Gasteiger partial charge is 0.259 e. The van der Waals surface area contributed by atoms with E-state index in [9.17, 15) is 13.6 Å². The number of carbonyl (C=O) groups excluding carboxylic acids is 1. The van der Waals surface area contributed by atoms with Crippen molar-refractivity contribution in [1.29, 1.82) is 0 Å². The van der Waals surface area contributed by atoms with E-state index >= 15 is 0 Å². The fourth-order valence-corrected chi connectivity index (χ4v) is 3.38. The van der Waals surface area contributed by atoms with Gasteiger partial charge in [0.2, 0.25) is 0 Å². The van der Waals surface area contributed by atoms with E-state index in [0.29, 0.717) is 22.0 Å². The van der Waals surface area contributed by atoms with Crippen LogP contribution in [0.2, 0.25) is 5.02 Å². The molecule has 6 N–H and O–H groups in total. The highest BCUT2D eigenvalue weighted by molar-refractivity contribution is 6.30. The van der Waals surface area contributed by atoms with E-state index in [1.54, 1.807) is 36.4 Å². The summed E-state index contributed by atoms with van der Waals surface area (Å²) in [5, 5.41) is 6.64. The third-order valence-corrected chi connectivity index (χ3v) is 5.19. The minimum absolute atomic E-state index is 0.00659. The molecule has 3 aromatic carbocycles. The third-order valence-electron chi connectivity index (χ3n) is 4.95. The maximum Gasteiger partial charge on any atom is 0.259 e. The molecule has 0 spiro atoms. The zero-order valence-corrected chi connectivity index (χ0v) is 20.2. The minimum atomic E-state index is -0.691. The minimum Gasteiger partial charge on any atom is -0.489 e. The number of halogens is 3. The summed E-state index contributed by atoms with van der Waals surface area (Å²) in [6.45, 7) is 4.01. The van der Waals surface area contributed by atoms with Crippen LogP contribution in [0, 0.1) is 11.6 Å². The largest absolute Gasteiger partial charge is 0.489 e. The Morgan fingerprint density at radius 1 is 1.06 bits per heavy atom. The summed E-state index contributed by atoms with van der Waals surface area (Å²) < 4.78 is 39.4. The highest BCUT2D eigenvalue weighted by Crippen LogP contribution is 2.26. The van der Waals surface area contributed by atoms with Gasteiger partial charge >= 0.3 is 0 Å². The van der Waals surface area contributed by atoms with Crippen molar-refractivity contribution in [3.63, 3.8) is 0 Å². The molecule has 11 heteroatoms. The number of hydrazone groups is 1. The number of hydrogen-bond acceptors (Lipinski definition) is 6. The summed E-state index contributed by atoms with van der Waals surface area (Å²) in [7, 11) is 0. The van der Waals surface area contributed by atoms with Gasteiger partial charge in [-0.15, -0.1) is 0 Å². The lowest BCUT2D eigenvalue weighted by Gasteiger charge is -2.09. The number of ether oxygens (including phenoxy) is 1. The van der Waals surface area contributed by atoms with Crippen LogP contribution in [0.1, 0.15) is 35.3 Å². The second-order valence-corrected chi connectivity index (χ2v) is 7.54. The van der Waals surface area contributed by atoms with Gasteiger partial charge in [0.1, 0.15) is 35.8 Å². The lowest BCUT2D eigenvalue weighted by atomic mass is 10.1. The summed E-state index contributed by atoms with van der Waals surface area (Å²) in [5.74, 6) is 9.21. The molecule has 0 saturated heterocycles. The van der Waals surface area contributed by atoms with Gasteiger partial charge in [-0.25, -0.2) is 14.6 Å². The number of fused-ring (bicyclic) bond motifs is 1.